The lowest BCUT2D eigenvalue weighted by Gasteiger charge is -2.23. The summed E-state index contributed by atoms with van der Waals surface area (Å²) in [6, 6.07) is 20.7. The van der Waals surface area contributed by atoms with Gasteiger partial charge >= 0.3 is 0 Å². The first-order valence-electron chi connectivity index (χ1n) is 11.9. The van der Waals surface area contributed by atoms with E-state index < -0.39 is 0 Å². The molecule has 0 spiro atoms. The Morgan fingerprint density at radius 2 is 1.59 bits per heavy atom. The van der Waals surface area contributed by atoms with Crippen LogP contribution in [-0.4, -0.2) is 34.1 Å². The van der Waals surface area contributed by atoms with E-state index in [4.69, 9.17) is 21.3 Å². The molecule has 0 N–H and O–H groups in total. The molecule has 0 fully saturated rings. The topological polar surface area (TPSA) is 30.3 Å². The minimum absolute atomic E-state index is 0.617. The average Bonchev–Trinajstić information content (AvgIpc) is 3.14. The molecule has 0 aliphatic heterocycles. The highest BCUT2D eigenvalue weighted by Crippen LogP contribution is 2.27. The van der Waals surface area contributed by atoms with E-state index in [2.05, 4.69) is 71.8 Å². The Kier molecular flexibility index (Phi) is 10.3. The van der Waals surface area contributed by atoms with Crippen LogP contribution < -0.4 is 0 Å². The van der Waals surface area contributed by atoms with Gasteiger partial charge in [0.25, 0.3) is 0 Å². The summed E-state index contributed by atoms with van der Waals surface area (Å²) in [5.74, 6) is 0.967. The van der Waals surface area contributed by atoms with E-state index in [1.807, 2.05) is 12.1 Å². The number of nitrogens with zero attached hydrogens (tertiary/aromatic N) is 3. The van der Waals surface area contributed by atoms with Crippen LogP contribution in [0.3, 0.4) is 0 Å². The number of hydrogen-bond donors (Lipinski definition) is 0. The summed E-state index contributed by atoms with van der Waals surface area (Å²) in [6.45, 7) is 9.43. The molecule has 2 aromatic carbocycles. The smallest absolute Gasteiger partial charge is 0.152 e. The molecule has 1 heterocycles. The van der Waals surface area contributed by atoms with Crippen LogP contribution in [0.5, 0.6) is 0 Å². The Balaban J connectivity index is 1.71. The van der Waals surface area contributed by atoms with Gasteiger partial charge in [-0.15, -0.1) is 0 Å². The molecule has 4 nitrogen and oxygen atoms in total. The molecule has 32 heavy (non-hydrogen) atoms. The number of imidazole rings is 1. The van der Waals surface area contributed by atoms with Crippen molar-refractivity contribution in [2.24, 2.45) is 0 Å². The highest BCUT2D eigenvalue weighted by Gasteiger charge is 2.19. The molecule has 0 radical (unpaired) electrons. The summed E-state index contributed by atoms with van der Waals surface area (Å²) in [5.41, 5.74) is 3.43. The van der Waals surface area contributed by atoms with E-state index in [9.17, 15) is 0 Å². The minimum atomic E-state index is 0.617. The molecular weight excluding hydrogens is 418 g/mol. The van der Waals surface area contributed by atoms with Crippen LogP contribution in [0.15, 0.2) is 60.7 Å². The molecule has 0 bridgehead atoms. The highest BCUT2D eigenvalue weighted by molar-refractivity contribution is 6.30. The van der Waals surface area contributed by atoms with Crippen molar-refractivity contribution in [3.63, 3.8) is 0 Å². The highest BCUT2D eigenvalue weighted by atomic mass is 35.5. The summed E-state index contributed by atoms with van der Waals surface area (Å²) in [5, 5.41) is 0.617. The Hall–Kier alpha value is -2.14. The predicted molar refractivity (Wildman–Crippen MR) is 134 cm³/mol. The van der Waals surface area contributed by atoms with Crippen molar-refractivity contribution < 1.29 is 4.74 Å². The van der Waals surface area contributed by atoms with Crippen LogP contribution in [0, 0.1) is 0 Å². The van der Waals surface area contributed by atoms with Crippen molar-refractivity contribution >= 4 is 11.6 Å². The van der Waals surface area contributed by atoms with Crippen molar-refractivity contribution in [1.29, 1.82) is 0 Å². The number of aromatic nitrogens is 2. The Bertz CT molecular complexity index is 911. The van der Waals surface area contributed by atoms with Crippen molar-refractivity contribution in [2.75, 3.05) is 19.7 Å². The fourth-order valence-electron chi connectivity index (χ4n) is 3.79. The quantitative estimate of drug-likeness (QED) is 0.251. The van der Waals surface area contributed by atoms with Gasteiger partial charge < -0.3 is 9.30 Å². The maximum atomic E-state index is 6.71. The monoisotopic (exact) mass is 453 g/mol. The molecule has 3 aromatic rings. The summed E-state index contributed by atoms with van der Waals surface area (Å²) >= 11 is 6.71. The maximum Gasteiger partial charge on any atom is 0.152 e. The molecular formula is C27H36ClN3O. The lowest BCUT2D eigenvalue weighted by molar-refractivity contribution is 0.0890. The van der Waals surface area contributed by atoms with Gasteiger partial charge in [-0.1, -0.05) is 99.0 Å². The molecule has 0 saturated heterocycles. The molecule has 0 aliphatic rings. The normalized spacial score (nSPS) is 11.4. The molecule has 5 heteroatoms. The third-order valence-corrected chi connectivity index (χ3v) is 5.96. The van der Waals surface area contributed by atoms with Gasteiger partial charge in [-0.2, -0.15) is 0 Å². The van der Waals surface area contributed by atoms with Crippen molar-refractivity contribution in [3.05, 3.63) is 77.1 Å². The number of halogens is 1. The largest absolute Gasteiger partial charge is 0.375 e. The van der Waals surface area contributed by atoms with Crippen LogP contribution in [0.2, 0.25) is 5.15 Å². The van der Waals surface area contributed by atoms with Gasteiger partial charge in [0.15, 0.2) is 5.15 Å². The van der Waals surface area contributed by atoms with Crippen LogP contribution in [-0.2, 0) is 24.4 Å². The van der Waals surface area contributed by atoms with Gasteiger partial charge in [0.05, 0.1) is 18.9 Å². The van der Waals surface area contributed by atoms with Gasteiger partial charge in [0.1, 0.15) is 5.82 Å². The Morgan fingerprint density at radius 3 is 2.28 bits per heavy atom. The molecule has 0 saturated carbocycles. The van der Waals surface area contributed by atoms with Gasteiger partial charge in [-0.05, 0) is 24.9 Å². The van der Waals surface area contributed by atoms with Crippen molar-refractivity contribution in [3.8, 4) is 11.4 Å². The first-order chi connectivity index (χ1) is 15.7. The lowest BCUT2D eigenvalue weighted by atomic mass is 10.2. The van der Waals surface area contributed by atoms with Gasteiger partial charge in [-0.25, -0.2) is 4.98 Å². The third-order valence-electron chi connectivity index (χ3n) is 5.66. The first kappa shape index (κ1) is 24.5. The molecule has 0 aliphatic carbocycles. The van der Waals surface area contributed by atoms with E-state index in [-0.39, 0.29) is 0 Å². The summed E-state index contributed by atoms with van der Waals surface area (Å²) < 4.78 is 8.30. The predicted octanol–water partition coefficient (Wildman–Crippen LogP) is 6.82. The molecule has 3 rings (SSSR count). The van der Waals surface area contributed by atoms with Gasteiger partial charge in [0, 0.05) is 25.2 Å². The number of benzene rings is 2. The number of hydrogen-bond acceptors (Lipinski definition) is 3. The van der Waals surface area contributed by atoms with Gasteiger partial charge in [-0.3, -0.25) is 4.90 Å². The Labute approximate surface area is 198 Å². The average molecular weight is 454 g/mol. The first-order valence-corrected chi connectivity index (χ1v) is 12.2. The van der Waals surface area contributed by atoms with E-state index in [1.54, 1.807) is 0 Å². The fourth-order valence-corrected chi connectivity index (χ4v) is 4.04. The minimum Gasteiger partial charge on any atom is -0.375 e. The van der Waals surface area contributed by atoms with Crippen LogP contribution >= 0.6 is 11.6 Å². The molecule has 0 atom stereocenters. The molecule has 0 unspecified atom stereocenters. The van der Waals surface area contributed by atoms with Crippen molar-refractivity contribution in [1.82, 2.24) is 14.5 Å². The fraction of sp³-hybridized carbons (Fsp3) is 0.444. The summed E-state index contributed by atoms with van der Waals surface area (Å²) in [4.78, 5) is 7.23. The van der Waals surface area contributed by atoms with E-state index >= 15 is 0 Å². The van der Waals surface area contributed by atoms with Crippen LogP contribution in [0.25, 0.3) is 11.4 Å². The van der Waals surface area contributed by atoms with E-state index in [0.717, 1.165) is 62.5 Å². The second-order valence-electron chi connectivity index (χ2n) is 8.21. The van der Waals surface area contributed by atoms with E-state index in [1.165, 1.54) is 12.0 Å². The second kappa shape index (κ2) is 13.4. The van der Waals surface area contributed by atoms with Gasteiger partial charge in [0.2, 0.25) is 0 Å². The van der Waals surface area contributed by atoms with Crippen molar-refractivity contribution in [2.45, 2.75) is 59.2 Å². The zero-order chi connectivity index (χ0) is 22.6. The molecule has 0 amide bonds. The SMILES string of the molecule is CCCCN(CCOCc1ccccc1)Cc1c(Cl)nc(-c2ccccc2)n1CCCC. The zero-order valence-electron chi connectivity index (χ0n) is 19.5. The lowest BCUT2D eigenvalue weighted by Crippen LogP contribution is -2.29. The molecule has 1 aromatic heterocycles. The van der Waals surface area contributed by atoms with E-state index in [0.29, 0.717) is 18.4 Å². The number of unbranched alkanes of at least 4 members (excludes halogenated alkanes) is 2. The standard InChI is InChI=1S/C27H36ClN3O/c1-3-5-17-30(19-20-32-22-23-13-9-7-10-14-23)21-25-26(28)29-27(31(25)18-6-4-2)24-15-11-8-12-16-24/h7-16H,3-6,17-22H2,1-2H3. The third kappa shape index (κ3) is 7.19. The zero-order valence-corrected chi connectivity index (χ0v) is 20.2. The second-order valence-corrected chi connectivity index (χ2v) is 8.57. The van der Waals surface area contributed by atoms with Crippen LogP contribution in [0.1, 0.15) is 50.8 Å². The summed E-state index contributed by atoms with van der Waals surface area (Å²) in [7, 11) is 0. The number of rotatable bonds is 14. The maximum absolute atomic E-state index is 6.71. The summed E-state index contributed by atoms with van der Waals surface area (Å²) in [6.07, 6.45) is 4.56. The Morgan fingerprint density at radius 1 is 0.906 bits per heavy atom. The van der Waals surface area contributed by atoms with Crippen LogP contribution in [0.4, 0.5) is 0 Å². The number of ether oxygens (including phenoxy) is 1. The molecule has 172 valence electrons.